The van der Waals surface area contributed by atoms with E-state index in [1.807, 2.05) is 0 Å². The van der Waals surface area contributed by atoms with E-state index in [1.54, 1.807) is 0 Å². The van der Waals surface area contributed by atoms with E-state index in [9.17, 15) is 19.8 Å². The Morgan fingerprint density at radius 2 is 0.824 bits per heavy atom. The summed E-state index contributed by atoms with van der Waals surface area (Å²) in [6, 6.07) is 0. The molecule has 17 heavy (non-hydrogen) atoms. The summed E-state index contributed by atoms with van der Waals surface area (Å²) in [6.07, 6.45) is 7.88. The topological polar surface area (TPSA) is 80.3 Å². The van der Waals surface area contributed by atoms with Crippen molar-refractivity contribution < 1.29 is 40.2 Å². The van der Waals surface area contributed by atoms with Crippen LogP contribution in [0.15, 0.2) is 0 Å². The fraction of sp³-hybridized carbons (Fsp3) is 0.833. The molecule has 0 spiro atoms. The Bertz CT molecular complexity index is 185. The summed E-state index contributed by atoms with van der Waals surface area (Å²) >= 11 is 0. The SMILES string of the molecule is O=C([O-])CCCCCCCCCCC(=O)[O-].[Pd+2]. The van der Waals surface area contributed by atoms with Crippen LogP contribution in [0.1, 0.15) is 64.2 Å². The van der Waals surface area contributed by atoms with E-state index in [1.165, 1.54) is 0 Å². The molecule has 0 radical (unpaired) electrons. The van der Waals surface area contributed by atoms with Crippen LogP contribution in [0.25, 0.3) is 0 Å². The molecule has 0 aromatic rings. The average Bonchev–Trinajstić information content (AvgIpc) is 2.20. The zero-order valence-corrected chi connectivity index (χ0v) is 11.6. The summed E-state index contributed by atoms with van der Waals surface area (Å²) < 4.78 is 0. The molecule has 0 aliphatic rings. The molecule has 4 nitrogen and oxygen atoms in total. The van der Waals surface area contributed by atoms with Gasteiger partial charge in [0.15, 0.2) is 0 Å². The van der Waals surface area contributed by atoms with Crippen molar-refractivity contribution in [2.45, 2.75) is 64.2 Å². The first-order valence-electron chi connectivity index (χ1n) is 6.02. The molecular formula is C12H20O4Pd. The van der Waals surface area contributed by atoms with Crippen LogP contribution in [0.2, 0.25) is 0 Å². The van der Waals surface area contributed by atoms with Gasteiger partial charge in [0.2, 0.25) is 0 Å². The fourth-order valence-corrected chi connectivity index (χ4v) is 1.60. The molecule has 0 aromatic carbocycles. The maximum Gasteiger partial charge on any atom is 2.00 e. The van der Waals surface area contributed by atoms with Gasteiger partial charge in [-0.05, 0) is 25.7 Å². The van der Waals surface area contributed by atoms with E-state index >= 15 is 0 Å². The molecule has 0 saturated carbocycles. The molecular weight excluding hydrogens is 315 g/mol. The quantitative estimate of drug-likeness (QED) is 0.404. The summed E-state index contributed by atoms with van der Waals surface area (Å²) in [6.45, 7) is 0. The normalized spacial score (nSPS) is 9.65. The van der Waals surface area contributed by atoms with Gasteiger partial charge in [-0.1, -0.05) is 38.5 Å². The number of unbranched alkanes of at least 4 members (excludes halogenated alkanes) is 7. The van der Waals surface area contributed by atoms with Gasteiger partial charge in [-0.25, -0.2) is 0 Å². The standard InChI is InChI=1S/C12H22O4.Pd/c13-11(14)9-7-5-3-1-2-4-6-8-10-12(15)16;/h1-10H2,(H,13,14)(H,15,16);/q;+2/p-2. The first-order valence-corrected chi connectivity index (χ1v) is 6.02. The Labute approximate surface area is 116 Å². The largest absolute Gasteiger partial charge is 2.00 e. The molecule has 0 N–H and O–H groups in total. The molecule has 5 heteroatoms. The van der Waals surface area contributed by atoms with Crippen molar-refractivity contribution in [3.8, 4) is 0 Å². The van der Waals surface area contributed by atoms with E-state index in [4.69, 9.17) is 0 Å². The van der Waals surface area contributed by atoms with Gasteiger partial charge in [0, 0.05) is 11.9 Å². The molecule has 0 amide bonds. The monoisotopic (exact) mass is 334 g/mol. The van der Waals surface area contributed by atoms with Crippen LogP contribution in [-0.4, -0.2) is 11.9 Å². The van der Waals surface area contributed by atoms with Gasteiger partial charge < -0.3 is 19.8 Å². The van der Waals surface area contributed by atoms with Crippen LogP contribution in [0.4, 0.5) is 0 Å². The molecule has 0 heterocycles. The zero-order chi connectivity index (χ0) is 12.2. The molecule has 0 aliphatic heterocycles. The minimum atomic E-state index is -0.970. The van der Waals surface area contributed by atoms with Crippen molar-refractivity contribution in [3.63, 3.8) is 0 Å². The third kappa shape index (κ3) is 18.2. The van der Waals surface area contributed by atoms with Crippen LogP contribution in [0, 0.1) is 0 Å². The third-order valence-electron chi connectivity index (χ3n) is 2.51. The van der Waals surface area contributed by atoms with Crippen molar-refractivity contribution in [1.29, 1.82) is 0 Å². The van der Waals surface area contributed by atoms with E-state index < -0.39 is 11.9 Å². The Morgan fingerprint density at radius 3 is 1.06 bits per heavy atom. The average molecular weight is 335 g/mol. The second-order valence-electron chi connectivity index (χ2n) is 4.07. The van der Waals surface area contributed by atoms with E-state index in [0.29, 0.717) is 12.8 Å². The van der Waals surface area contributed by atoms with Gasteiger partial charge in [0.05, 0.1) is 0 Å². The maximum absolute atomic E-state index is 10.1. The van der Waals surface area contributed by atoms with Crippen molar-refractivity contribution in [1.82, 2.24) is 0 Å². The number of carbonyl (C=O) groups excluding carboxylic acids is 2. The zero-order valence-electron chi connectivity index (χ0n) is 10.0. The smallest absolute Gasteiger partial charge is 0.550 e. The molecule has 0 bridgehead atoms. The van der Waals surface area contributed by atoms with E-state index in [2.05, 4.69) is 0 Å². The molecule has 0 fully saturated rings. The number of hydrogen-bond acceptors (Lipinski definition) is 4. The Balaban J connectivity index is 0. The molecule has 0 saturated heterocycles. The third-order valence-corrected chi connectivity index (χ3v) is 2.51. The van der Waals surface area contributed by atoms with Crippen molar-refractivity contribution >= 4 is 11.9 Å². The van der Waals surface area contributed by atoms with Gasteiger partial charge in [-0.2, -0.15) is 0 Å². The summed E-state index contributed by atoms with van der Waals surface area (Å²) in [7, 11) is 0. The maximum atomic E-state index is 10.1. The molecule has 102 valence electrons. The Hall–Kier alpha value is -0.398. The summed E-state index contributed by atoms with van der Waals surface area (Å²) in [5.74, 6) is -1.94. The molecule has 0 rings (SSSR count). The predicted molar refractivity (Wildman–Crippen MR) is 56.2 cm³/mol. The van der Waals surface area contributed by atoms with E-state index in [-0.39, 0.29) is 33.3 Å². The number of rotatable bonds is 11. The van der Waals surface area contributed by atoms with Gasteiger partial charge >= 0.3 is 20.4 Å². The summed E-state index contributed by atoms with van der Waals surface area (Å²) in [5.41, 5.74) is 0. The summed E-state index contributed by atoms with van der Waals surface area (Å²) in [4.78, 5) is 20.2. The number of carbonyl (C=O) groups is 2. The van der Waals surface area contributed by atoms with E-state index in [0.717, 1.165) is 38.5 Å². The summed E-state index contributed by atoms with van der Waals surface area (Å²) in [5, 5.41) is 20.2. The van der Waals surface area contributed by atoms with Crippen molar-refractivity contribution in [2.24, 2.45) is 0 Å². The van der Waals surface area contributed by atoms with Gasteiger partial charge in [-0.3, -0.25) is 0 Å². The Morgan fingerprint density at radius 1 is 0.588 bits per heavy atom. The van der Waals surface area contributed by atoms with Gasteiger partial charge in [-0.15, -0.1) is 0 Å². The molecule has 0 unspecified atom stereocenters. The van der Waals surface area contributed by atoms with Crippen LogP contribution >= 0.6 is 0 Å². The van der Waals surface area contributed by atoms with Gasteiger partial charge in [0.25, 0.3) is 0 Å². The Kier molecular flexibility index (Phi) is 15.2. The molecule has 0 aromatic heterocycles. The molecule has 0 atom stereocenters. The minimum Gasteiger partial charge on any atom is -0.550 e. The first kappa shape index (κ1) is 19.0. The molecule has 0 aliphatic carbocycles. The second kappa shape index (κ2) is 13.7. The first-order chi connectivity index (χ1) is 7.63. The van der Waals surface area contributed by atoms with Crippen LogP contribution in [-0.2, 0) is 30.0 Å². The predicted octanol–water partition coefficient (Wildman–Crippen LogP) is 0.385. The second-order valence-corrected chi connectivity index (χ2v) is 4.07. The number of hydrogen-bond donors (Lipinski definition) is 0. The van der Waals surface area contributed by atoms with Crippen LogP contribution in [0.3, 0.4) is 0 Å². The van der Waals surface area contributed by atoms with Gasteiger partial charge in [0.1, 0.15) is 0 Å². The van der Waals surface area contributed by atoms with Crippen molar-refractivity contribution in [2.75, 3.05) is 0 Å². The van der Waals surface area contributed by atoms with Crippen LogP contribution < -0.4 is 10.2 Å². The number of carboxylic acids is 2. The van der Waals surface area contributed by atoms with Crippen molar-refractivity contribution in [3.05, 3.63) is 0 Å². The minimum absolute atomic E-state index is 0. The fourth-order valence-electron chi connectivity index (χ4n) is 1.60. The van der Waals surface area contributed by atoms with Crippen LogP contribution in [0.5, 0.6) is 0 Å². The number of aliphatic carboxylic acids is 2. The number of carboxylic acid groups (broad SMARTS) is 2.